The molecular weight excluding hydrogens is 392 g/mol. The van der Waals surface area contributed by atoms with Crippen molar-refractivity contribution in [1.29, 1.82) is 0 Å². The lowest BCUT2D eigenvalue weighted by molar-refractivity contribution is -0.137. The van der Waals surface area contributed by atoms with Gasteiger partial charge in [-0.15, -0.1) is 0 Å². The van der Waals surface area contributed by atoms with E-state index in [0.29, 0.717) is 57.0 Å². The van der Waals surface area contributed by atoms with E-state index >= 15 is 0 Å². The number of nitrogens with one attached hydrogen (secondary N) is 1. The number of carbonyl (C=O) groups excluding carboxylic acids is 3. The van der Waals surface area contributed by atoms with Gasteiger partial charge in [-0.3, -0.25) is 14.5 Å². The Labute approximate surface area is 186 Å². The SMILES string of the molecule is CC(C)CN1CCC2(CC1)NC(=O)N(C1CCN(C(=O)CC3CCCCC3)CC1)C2=O. The van der Waals surface area contributed by atoms with Gasteiger partial charge >= 0.3 is 6.03 Å². The number of hydrogen-bond acceptors (Lipinski definition) is 4. The number of carbonyl (C=O) groups is 3. The molecule has 174 valence electrons. The van der Waals surface area contributed by atoms with Gasteiger partial charge < -0.3 is 15.1 Å². The lowest BCUT2D eigenvalue weighted by atomic mass is 9.86. The molecule has 0 aromatic rings. The summed E-state index contributed by atoms with van der Waals surface area (Å²) < 4.78 is 0. The Bertz CT molecular complexity index is 672. The zero-order valence-corrected chi connectivity index (χ0v) is 19.4. The average molecular weight is 433 g/mol. The van der Waals surface area contributed by atoms with Crippen LogP contribution in [0.3, 0.4) is 0 Å². The normalized spacial score (nSPS) is 26.2. The minimum atomic E-state index is -0.710. The third-order valence-electron chi connectivity index (χ3n) is 7.90. The van der Waals surface area contributed by atoms with Crippen molar-refractivity contribution in [3.8, 4) is 0 Å². The van der Waals surface area contributed by atoms with Crippen LogP contribution in [0.1, 0.15) is 78.1 Å². The van der Waals surface area contributed by atoms with E-state index in [-0.39, 0.29) is 23.9 Å². The zero-order chi connectivity index (χ0) is 22.0. The van der Waals surface area contributed by atoms with Crippen molar-refractivity contribution in [2.45, 2.75) is 89.6 Å². The van der Waals surface area contributed by atoms with Crippen LogP contribution in [0.2, 0.25) is 0 Å². The summed E-state index contributed by atoms with van der Waals surface area (Å²) >= 11 is 0. The molecule has 0 aromatic heterocycles. The first kappa shape index (κ1) is 22.6. The predicted molar refractivity (Wildman–Crippen MR) is 119 cm³/mol. The molecule has 0 bridgehead atoms. The monoisotopic (exact) mass is 432 g/mol. The standard InChI is InChI=1S/C24H40N4O3/c1-18(2)17-26-14-10-24(11-15-26)22(30)28(23(31)25-24)20-8-12-27(13-9-20)21(29)16-19-6-4-3-5-7-19/h18-20H,3-17H2,1-2H3,(H,25,31). The molecule has 1 N–H and O–H groups in total. The molecule has 0 radical (unpaired) electrons. The highest BCUT2D eigenvalue weighted by atomic mass is 16.2. The van der Waals surface area contributed by atoms with Crippen molar-refractivity contribution < 1.29 is 14.4 Å². The van der Waals surface area contributed by atoms with Crippen molar-refractivity contribution in [3.63, 3.8) is 0 Å². The molecule has 1 aliphatic carbocycles. The molecule has 4 amide bonds. The molecule has 31 heavy (non-hydrogen) atoms. The van der Waals surface area contributed by atoms with Gasteiger partial charge in [0.2, 0.25) is 5.91 Å². The fraction of sp³-hybridized carbons (Fsp3) is 0.875. The number of likely N-dealkylation sites (tertiary alicyclic amines) is 2. The molecule has 0 unspecified atom stereocenters. The largest absolute Gasteiger partial charge is 0.343 e. The first-order valence-electron chi connectivity index (χ1n) is 12.5. The first-order chi connectivity index (χ1) is 14.9. The molecule has 1 spiro atoms. The summed E-state index contributed by atoms with van der Waals surface area (Å²) in [6.45, 7) is 8.47. The van der Waals surface area contributed by atoms with E-state index in [1.54, 1.807) is 0 Å². The van der Waals surface area contributed by atoms with Crippen LogP contribution in [0.25, 0.3) is 0 Å². The molecule has 1 saturated carbocycles. The van der Waals surface area contributed by atoms with E-state index in [1.807, 2.05) is 4.90 Å². The van der Waals surface area contributed by atoms with Crippen LogP contribution < -0.4 is 5.32 Å². The Morgan fingerprint density at radius 3 is 2.26 bits per heavy atom. The molecule has 4 rings (SSSR count). The maximum absolute atomic E-state index is 13.3. The Kier molecular flexibility index (Phi) is 6.89. The Hall–Kier alpha value is -1.63. The number of amides is 4. The molecule has 3 saturated heterocycles. The zero-order valence-electron chi connectivity index (χ0n) is 19.4. The van der Waals surface area contributed by atoms with Crippen LogP contribution in [0.5, 0.6) is 0 Å². The van der Waals surface area contributed by atoms with Gasteiger partial charge in [0.15, 0.2) is 0 Å². The lowest BCUT2D eigenvalue weighted by Crippen LogP contribution is -2.56. The summed E-state index contributed by atoms with van der Waals surface area (Å²) in [6.07, 6.45) is 9.63. The number of rotatable bonds is 5. The second-order valence-corrected chi connectivity index (χ2v) is 10.7. The summed E-state index contributed by atoms with van der Waals surface area (Å²) in [5.74, 6) is 1.38. The third-order valence-corrected chi connectivity index (χ3v) is 7.90. The first-order valence-corrected chi connectivity index (χ1v) is 12.5. The van der Waals surface area contributed by atoms with E-state index < -0.39 is 5.54 Å². The Balaban J connectivity index is 1.29. The molecule has 7 nitrogen and oxygen atoms in total. The van der Waals surface area contributed by atoms with E-state index in [9.17, 15) is 14.4 Å². The molecule has 7 heteroatoms. The molecule has 0 atom stereocenters. The van der Waals surface area contributed by atoms with Gasteiger partial charge in [-0.1, -0.05) is 33.1 Å². The molecular formula is C24H40N4O3. The van der Waals surface area contributed by atoms with Gasteiger partial charge in [0, 0.05) is 45.2 Å². The lowest BCUT2D eigenvalue weighted by Gasteiger charge is -2.39. The van der Waals surface area contributed by atoms with Crippen LogP contribution >= 0.6 is 0 Å². The molecule has 4 aliphatic rings. The highest BCUT2D eigenvalue weighted by Gasteiger charge is 2.54. The van der Waals surface area contributed by atoms with Crippen LogP contribution in [0, 0.1) is 11.8 Å². The Morgan fingerprint density at radius 2 is 1.65 bits per heavy atom. The number of hydrogen-bond donors (Lipinski definition) is 1. The van der Waals surface area contributed by atoms with Crippen LogP contribution in [0.4, 0.5) is 4.79 Å². The van der Waals surface area contributed by atoms with Gasteiger partial charge in [-0.2, -0.15) is 0 Å². The summed E-state index contributed by atoms with van der Waals surface area (Å²) in [7, 11) is 0. The van der Waals surface area contributed by atoms with E-state index in [1.165, 1.54) is 37.0 Å². The fourth-order valence-corrected chi connectivity index (χ4v) is 6.09. The number of urea groups is 1. The molecule has 0 aromatic carbocycles. The van der Waals surface area contributed by atoms with Gasteiger partial charge in [-0.05, 0) is 50.4 Å². The number of imide groups is 1. The van der Waals surface area contributed by atoms with Crippen molar-refractivity contribution in [2.75, 3.05) is 32.7 Å². The number of piperidine rings is 2. The highest BCUT2D eigenvalue weighted by molar-refractivity contribution is 6.07. The second kappa shape index (κ2) is 9.47. The van der Waals surface area contributed by atoms with Crippen LogP contribution in [-0.2, 0) is 9.59 Å². The van der Waals surface area contributed by atoms with Gasteiger partial charge in [-0.25, -0.2) is 4.79 Å². The van der Waals surface area contributed by atoms with Crippen molar-refractivity contribution in [2.24, 2.45) is 11.8 Å². The van der Waals surface area contributed by atoms with Crippen molar-refractivity contribution in [1.82, 2.24) is 20.0 Å². The van der Waals surface area contributed by atoms with E-state index in [0.717, 1.165) is 19.6 Å². The summed E-state index contributed by atoms with van der Waals surface area (Å²) in [5, 5.41) is 3.06. The maximum Gasteiger partial charge on any atom is 0.325 e. The minimum Gasteiger partial charge on any atom is -0.343 e. The van der Waals surface area contributed by atoms with Gasteiger partial charge in [0.25, 0.3) is 5.91 Å². The number of nitrogens with zero attached hydrogens (tertiary/aromatic N) is 3. The van der Waals surface area contributed by atoms with Crippen LogP contribution in [-0.4, -0.2) is 76.8 Å². The minimum absolute atomic E-state index is 0.0336. The maximum atomic E-state index is 13.3. The van der Waals surface area contributed by atoms with Crippen molar-refractivity contribution >= 4 is 17.8 Å². The summed E-state index contributed by atoms with van der Waals surface area (Å²) in [6, 6.07) is -0.311. The predicted octanol–water partition coefficient (Wildman–Crippen LogP) is 2.99. The van der Waals surface area contributed by atoms with E-state index in [2.05, 4.69) is 24.1 Å². The van der Waals surface area contributed by atoms with E-state index in [4.69, 9.17) is 0 Å². The van der Waals surface area contributed by atoms with Crippen LogP contribution in [0.15, 0.2) is 0 Å². The highest BCUT2D eigenvalue weighted by Crippen LogP contribution is 2.33. The smallest absolute Gasteiger partial charge is 0.325 e. The summed E-state index contributed by atoms with van der Waals surface area (Å²) in [4.78, 5) is 44.7. The second-order valence-electron chi connectivity index (χ2n) is 10.7. The quantitative estimate of drug-likeness (QED) is 0.678. The van der Waals surface area contributed by atoms with Crippen molar-refractivity contribution in [3.05, 3.63) is 0 Å². The topological polar surface area (TPSA) is 73.0 Å². The molecule has 3 aliphatic heterocycles. The van der Waals surface area contributed by atoms with Gasteiger partial charge in [0.05, 0.1) is 0 Å². The molecule has 4 fully saturated rings. The fourth-order valence-electron chi connectivity index (χ4n) is 6.09. The van der Waals surface area contributed by atoms with Gasteiger partial charge in [0.1, 0.15) is 5.54 Å². The Morgan fingerprint density at radius 1 is 1.00 bits per heavy atom. The molecule has 3 heterocycles. The summed E-state index contributed by atoms with van der Waals surface area (Å²) in [5.41, 5.74) is -0.710. The average Bonchev–Trinajstić information content (AvgIpc) is 2.99. The third kappa shape index (κ3) is 4.91.